The van der Waals surface area contributed by atoms with Crippen molar-refractivity contribution in [3.63, 3.8) is 0 Å². The Morgan fingerprint density at radius 1 is 1.18 bits per heavy atom. The molecular formula is C14H20N2O. The van der Waals surface area contributed by atoms with E-state index in [2.05, 4.69) is 24.5 Å². The van der Waals surface area contributed by atoms with Gasteiger partial charge in [0.1, 0.15) is 0 Å². The summed E-state index contributed by atoms with van der Waals surface area (Å²) < 4.78 is 0. The van der Waals surface area contributed by atoms with Crippen molar-refractivity contribution in [3.8, 4) is 0 Å². The molecule has 1 aliphatic carbocycles. The molecule has 0 atom stereocenters. The van der Waals surface area contributed by atoms with Gasteiger partial charge in [0.2, 0.25) is 5.91 Å². The molecule has 1 amide bonds. The maximum atomic E-state index is 11.7. The van der Waals surface area contributed by atoms with E-state index < -0.39 is 0 Å². The zero-order valence-electron chi connectivity index (χ0n) is 10.5. The molecule has 1 aliphatic rings. The fraction of sp³-hybridized carbons (Fsp3) is 0.500. The molecule has 0 radical (unpaired) electrons. The molecule has 2 N–H and O–H groups in total. The molecule has 17 heavy (non-hydrogen) atoms. The van der Waals surface area contributed by atoms with Crippen LogP contribution < -0.4 is 10.6 Å². The van der Waals surface area contributed by atoms with E-state index in [1.165, 1.54) is 6.42 Å². The first-order chi connectivity index (χ1) is 8.15. The van der Waals surface area contributed by atoms with Gasteiger partial charge < -0.3 is 10.6 Å². The summed E-state index contributed by atoms with van der Waals surface area (Å²) in [6.45, 7) is 4.21. The van der Waals surface area contributed by atoms with Crippen molar-refractivity contribution in [2.45, 2.75) is 39.2 Å². The van der Waals surface area contributed by atoms with Gasteiger partial charge in [0, 0.05) is 23.3 Å². The fourth-order valence-corrected chi connectivity index (χ4v) is 1.90. The molecule has 0 unspecified atom stereocenters. The van der Waals surface area contributed by atoms with E-state index in [0.29, 0.717) is 6.04 Å². The summed E-state index contributed by atoms with van der Waals surface area (Å²) in [5.74, 6) is 0.407. The minimum absolute atomic E-state index is 0.167. The van der Waals surface area contributed by atoms with Gasteiger partial charge >= 0.3 is 0 Å². The van der Waals surface area contributed by atoms with Crippen molar-refractivity contribution >= 4 is 17.3 Å². The van der Waals surface area contributed by atoms with Crippen LogP contribution >= 0.6 is 0 Å². The highest BCUT2D eigenvalue weighted by Gasteiger charge is 2.24. The topological polar surface area (TPSA) is 41.1 Å². The monoisotopic (exact) mass is 232 g/mol. The molecule has 0 saturated heterocycles. The van der Waals surface area contributed by atoms with Gasteiger partial charge in [-0.25, -0.2) is 0 Å². The summed E-state index contributed by atoms with van der Waals surface area (Å²) in [5.41, 5.74) is 1.97. The first-order valence-electron chi connectivity index (χ1n) is 6.32. The number of anilines is 2. The van der Waals surface area contributed by atoms with Crippen LogP contribution in [-0.4, -0.2) is 11.9 Å². The van der Waals surface area contributed by atoms with Crippen LogP contribution in [-0.2, 0) is 4.79 Å². The second-order valence-corrected chi connectivity index (χ2v) is 4.99. The summed E-state index contributed by atoms with van der Waals surface area (Å²) in [6, 6.07) is 8.31. The smallest absolute Gasteiger partial charge is 0.227 e. The summed E-state index contributed by atoms with van der Waals surface area (Å²) >= 11 is 0. The van der Waals surface area contributed by atoms with Crippen molar-refractivity contribution < 1.29 is 4.79 Å². The van der Waals surface area contributed by atoms with Gasteiger partial charge in [0.25, 0.3) is 0 Å². The van der Waals surface area contributed by atoms with E-state index in [9.17, 15) is 4.79 Å². The maximum absolute atomic E-state index is 11.7. The van der Waals surface area contributed by atoms with E-state index in [0.717, 1.165) is 24.2 Å². The Balaban J connectivity index is 1.90. The molecular weight excluding hydrogens is 212 g/mol. The molecule has 1 fully saturated rings. The van der Waals surface area contributed by atoms with Gasteiger partial charge in [0.05, 0.1) is 0 Å². The first kappa shape index (κ1) is 12.0. The number of amides is 1. The third-order valence-electron chi connectivity index (χ3n) is 3.08. The minimum atomic E-state index is 0.167. The summed E-state index contributed by atoms with van der Waals surface area (Å²) in [7, 11) is 0. The SMILES string of the molecule is CC(C)Nc1ccc(NC(=O)C2CCC2)cc1. The lowest BCUT2D eigenvalue weighted by Gasteiger charge is -2.24. The second-order valence-electron chi connectivity index (χ2n) is 4.99. The average Bonchev–Trinajstić information content (AvgIpc) is 2.17. The van der Waals surface area contributed by atoms with Crippen molar-refractivity contribution in [1.82, 2.24) is 0 Å². The summed E-state index contributed by atoms with van der Waals surface area (Å²) in [5, 5.41) is 6.28. The Hall–Kier alpha value is -1.51. The molecule has 92 valence electrons. The van der Waals surface area contributed by atoms with Gasteiger partial charge in [-0.2, -0.15) is 0 Å². The molecule has 0 aromatic heterocycles. The zero-order chi connectivity index (χ0) is 12.3. The van der Waals surface area contributed by atoms with E-state index in [-0.39, 0.29) is 11.8 Å². The highest BCUT2D eigenvalue weighted by atomic mass is 16.1. The summed E-state index contributed by atoms with van der Waals surface area (Å²) in [6.07, 6.45) is 3.27. The first-order valence-corrected chi connectivity index (χ1v) is 6.32. The van der Waals surface area contributed by atoms with Crippen LogP contribution in [0.5, 0.6) is 0 Å². The number of rotatable bonds is 4. The molecule has 3 nitrogen and oxygen atoms in total. The number of carbonyl (C=O) groups excluding carboxylic acids is 1. The Bertz CT molecular complexity index is 380. The van der Waals surface area contributed by atoms with Gasteiger partial charge in [-0.3, -0.25) is 4.79 Å². The predicted molar refractivity (Wildman–Crippen MR) is 71.2 cm³/mol. The van der Waals surface area contributed by atoms with E-state index >= 15 is 0 Å². The standard InChI is InChI=1S/C14H20N2O/c1-10(2)15-12-6-8-13(9-7-12)16-14(17)11-4-3-5-11/h6-11,15H,3-5H2,1-2H3,(H,16,17). The molecule has 0 aliphatic heterocycles. The van der Waals surface area contributed by atoms with E-state index in [1.54, 1.807) is 0 Å². The molecule has 0 heterocycles. The number of hydrogen-bond acceptors (Lipinski definition) is 2. The van der Waals surface area contributed by atoms with Gasteiger partial charge in [-0.1, -0.05) is 6.42 Å². The Kier molecular flexibility index (Phi) is 3.67. The van der Waals surface area contributed by atoms with Crippen LogP contribution in [0, 0.1) is 5.92 Å². The molecule has 0 bridgehead atoms. The largest absolute Gasteiger partial charge is 0.383 e. The van der Waals surface area contributed by atoms with Gasteiger partial charge in [0.15, 0.2) is 0 Å². The van der Waals surface area contributed by atoms with Gasteiger partial charge in [-0.05, 0) is 51.0 Å². The van der Waals surface area contributed by atoms with Crippen LogP contribution in [0.25, 0.3) is 0 Å². The lowest BCUT2D eigenvalue weighted by molar-refractivity contribution is -0.122. The quantitative estimate of drug-likeness (QED) is 0.836. The fourth-order valence-electron chi connectivity index (χ4n) is 1.90. The predicted octanol–water partition coefficient (Wildman–Crippen LogP) is 3.25. The number of hydrogen-bond donors (Lipinski definition) is 2. The summed E-state index contributed by atoms with van der Waals surface area (Å²) in [4.78, 5) is 11.7. The van der Waals surface area contributed by atoms with Crippen molar-refractivity contribution in [3.05, 3.63) is 24.3 Å². The number of benzene rings is 1. The normalized spacial score (nSPS) is 15.5. The molecule has 1 saturated carbocycles. The third kappa shape index (κ3) is 3.22. The zero-order valence-corrected chi connectivity index (χ0v) is 10.5. The maximum Gasteiger partial charge on any atom is 0.227 e. The lowest BCUT2D eigenvalue weighted by Crippen LogP contribution is -2.27. The second kappa shape index (κ2) is 5.21. The molecule has 1 aromatic carbocycles. The van der Waals surface area contributed by atoms with Crippen LogP contribution in [0.4, 0.5) is 11.4 Å². The Labute approximate surface area is 103 Å². The van der Waals surface area contributed by atoms with E-state index in [4.69, 9.17) is 0 Å². The van der Waals surface area contributed by atoms with Gasteiger partial charge in [-0.15, -0.1) is 0 Å². The molecule has 3 heteroatoms. The van der Waals surface area contributed by atoms with E-state index in [1.807, 2.05) is 24.3 Å². The Morgan fingerprint density at radius 3 is 2.24 bits per heavy atom. The highest BCUT2D eigenvalue weighted by molar-refractivity contribution is 5.93. The van der Waals surface area contributed by atoms with Crippen LogP contribution in [0.15, 0.2) is 24.3 Å². The molecule has 1 aromatic rings. The van der Waals surface area contributed by atoms with Crippen LogP contribution in [0.1, 0.15) is 33.1 Å². The third-order valence-corrected chi connectivity index (χ3v) is 3.08. The van der Waals surface area contributed by atoms with Crippen LogP contribution in [0.2, 0.25) is 0 Å². The minimum Gasteiger partial charge on any atom is -0.383 e. The van der Waals surface area contributed by atoms with Crippen molar-refractivity contribution in [2.24, 2.45) is 5.92 Å². The van der Waals surface area contributed by atoms with Crippen LogP contribution in [0.3, 0.4) is 0 Å². The molecule has 0 spiro atoms. The van der Waals surface area contributed by atoms with Crippen molar-refractivity contribution in [1.29, 1.82) is 0 Å². The Morgan fingerprint density at radius 2 is 1.76 bits per heavy atom. The van der Waals surface area contributed by atoms with Crippen molar-refractivity contribution in [2.75, 3.05) is 10.6 Å². The number of carbonyl (C=O) groups is 1. The highest BCUT2D eigenvalue weighted by Crippen LogP contribution is 2.27. The lowest BCUT2D eigenvalue weighted by atomic mass is 9.85. The number of nitrogens with one attached hydrogen (secondary N) is 2. The average molecular weight is 232 g/mol. The molecule has 2 rings (SSSR count).